The zero-order chi connectivity index (χ0) is 15.5. The van der Waals surface area contributed by atoms with Gasteiger partial charge in [-0.15, -0.1) is 0 Å². The lowest BCUT2D eigenvalue weighted by Crippen LogP contribution is -2.51. The van der Waals surface area contributed by atoms with E-state index in [0.29, 0.717) is 18.9 Å². The van der Waals surface area contributed by atoms with Crippen molar-refractivity contribution < 1.29 is 9.72 Å². The van der Waals surface area contributed by atoms with Crippen LogP contribution < -0.4 is 11.1 Å². The molecule has 0 spiro atoms. The number of nitrogens with two attached hydrogens (primary N) is 1. The number of nitro groups is 1. The Labute approximate surface area is 122 Å². The number of nitrogens with zero attached hydrogens (tertiary/aromatic N) is 3. The standard InChI is InChI=1S/C13H21N5O3/c1-10-15-11(18(20)21)8-17(10)7-4-12(19)16-13(9-14)5-2-3-6-13/h8H,2-7,9,14H2,1H3,(H,16,19). The lowest BCUT2D eigenvalue weighted by molar-refractivity contribution is -0.389. The van der Waals surface area contributed by atoms with Crippen LogP contribution in [0.5, 0.6) is 0 Å². The molecule has 8 nitrogen and oxygen atoms in total. The van der Waals surface area contributed by atoms with Gasteiger partial charge >= 0.3 is 5.82 Å². The molecule has 0 radical (unpaired) electrons. The first-order chi connectivity index (χ1) is 9.96. The van der Waals surface area contributed by atoms with Gasteiger partial charge < -0.3 is 25.7 Å². The van der Waals surface area contributed by atoms with E-state index in [2.05, 4.69) is 10.3 Å². The van der Waals surface area contributed by atoms with Crippen molar-refractivity contribution in [1.29, 1.82) is 0 Å². The maximum absolute atomic E-state index is 12.1. The molecule has 1 aromatic rings. The molecule has 1 amide bonds. The summed E-state index contributed by atoms with van der Waals surface area (Å²) in [5.41, 5.74) is 5.52. The van der Waals surface area contributed by atoms with Crippen molar-refractivity contribution in [2.75, 3.05) is 6.54 Å². The van der Waals surface area contributed by atoms with Crippen LogP contribution in [0, 0.1) is 17.0 Å². The number of rotatable bonds is 6. The minimum Gasteiger partial charge on any atom is -0.358 e. The van der Waals surface area contributed by atoms with Crippen LogP contribution in [0.3, 0.4) is 0 Å². The highest BCUT2D eigenvalue weighted by Crippen LogP contribution is 2.28. The second kappa shape index (κ2) is 6.21. The summed E-state index contributed by atoms with van der Waals surface area (Å²) in [5.74, 6) is 0.268. The summed E-state index contributed by atoms with van der Waals surface area (Å²) in [5, 5.41) is 13.7. The molecule has 0 unspecified atom stereocenters. The smallest absolute Gasteiger partial charge is 0.358 e. The molecule has 0 aliphatic heterocycles. The van der Waals surface area contributed by atoms with Crippen molar-refractivity contribution in [3.05, 3.63) is 22.1 Å². The molecule has 1 saturated carbocycles. The molecule has 0 bridgehead atoms. The maximum atomic E-state index is 12.1. The van der Waals surface area contributed by atoms with Gasteiger partial charge in [-0.2, -0.15) is 0 Å². The van der Waals surface area contributed by atoms with E-state index in [4.69, 9.17) is 5.73 Å². The summed E-state index contributed by atoms with van der Waals surface area (Å²) in [6, 6.07) is 0. The van der Waals surface area contributed by atoms with Crippen LogP contribution in [0.2, 0.25) is 0 Å². The van der Waals surface area contributed by atoms with Crippen molar-refractivity contribution >= 4 is 11.7 Å². The van der Waals surface area contributed by atoms with E-state index in [1.165, 1.54) is 6.20 Å². The fraction of sp³-hybridized carbons (Fsp3) is 0.692. The van der Waals surface area contributed by atoms with Crippen LogP contribution >= 0.6 is 0 Å². The van der Waals surface area contributed by atoms with Gasteiger partial charge in [0, 0.05) is 26.4 Å². The maximum Gasteiger partial charge on any atom is 0.381 e. The zero-order valence-electron chi connectivity index (χ0n) is 12.2. The molecule has 8 heteroatoms. The van der Waals surface area contributed by atoms with Crippen molar-refractivity contribution in [3.8, 4) is 0 Å². The van der Waals surface area contributed by atoms with Gasteiger partial charge in [0.05, 0.1) is 5.54 Å². The fourth-order valence-corrected chi connectivity index (χ4v) is 2.82. The number of carbonyl (C=O) groups is 1. The van der Waals surface area contributed by atoms with Crippen LogP contribution in [0.1, 0.15) is 37.9 Å². The van der Waals surface area contributed by atoms with Crippen LogP contribution in [-0.4, -0.2) is 32.5 Å². The molecule has 0 aromatic carbocycles. The highest BCUT2D eigenvalue weighted by molar-refractivity contribution is 5.76. The van der Waals surface area contributed by atoms with Crippen LogP contribution in [-0.2, 0) is 11.3 Å². The van der Waals surface area contributed by atoms with Gasteiger partial charge in [0.15, 0.2) is 0 Å². The van der Waals surface area contributed by atoms with Gasteiger partial charge in [0.25, 0.3) is 0 Å². The summed E-state index contributed by atoms with van der Waals surface area (Å²) < 4.78 is 1.63. The molecule has 1 fully saturated rings. The molecule has 1 aliphatic rings. The first-order valence-electron chi connectivity index (χ1n) is 7.15. The third-order valence-electron chi connectivity index (χ3n) is 4.09. The number of hydrogen-bond acceptors (Lipinski definition) is 5. The van der Waals surface area contributed by atoms with Crippen molar-refractivity contribution in [2.24, 2.45) is 5.73 Å². The molecule has 1 aromatic heterocycles. The minimum atomic E-state index is -0.536. The normalized spacial score (nSPS) is 16.9. The largest absolute Gasteiger partial charge is 0.381 e. The van der Waals surface area contributed by atoms with E-state index in [9.17, 15) is 14.9 Å². The summed E-state index contributed by atoms with van der Waals surface area (Å²) in [6.07, 6.45) is 5.64. The number of carbonyl (C=O) groups excluding carboxylic acids is 1. The lowest BCUT2D eigenvalue weighted by Gasteiger charge is -2.28. The fourth-order valence-electron chi connectivity index (χ4n) is 2.82. The van der Waals surface area contributed by atoms with Gasteiger partial charge in [-0.05, 0) is 22.7 Å². The molecule has 21 heavy (non-hydrogen) atoms. The Kier molecular flexibility index (Phi) is 4.56. The average Bonchev–Trinajstić information content (AvgIpc) is 3.04. The summed E-state index contributed by atoms with van der Waals surface area (Å²) in [4.78, 5) is 26.0. The van der Waals surface area contributed by atoms with E-state index in [1.54, 1.807) is 11.5 Å². The molecule has 1 aliphatic carbocycles. The Morgan fingerprint density at radius 1 is 1.57 bits per heavy atom. The zero-order valence-corrected chi connectivity index (χ0v) is 12.2. The van der Waals surface area contributed by atoms with E-state index in [-0.39, 0.29) is 23.7 Å². The van der Waals surface area contributed by atoms with E-state index in [1.807, 2.05) is 0 Å². The third-order valence-corrected chi connectivity index (χ3v) is 4.09. The van der Waals surface area contributed by atoms with Crippen LogP contribution in [0.15, 0.2) is 6.20 Å². The number of aryl methyl sites for hydroxylation is 2. The Morgan fingerprint density at radius 3 is 2.76 bits per heavy atom. The monoisotopic (exact) mass is 295 g/mol. The van der Waals surface area contributed by atoms with Gasteiger partial charge in [-0.3, -0.25) is 4.79 Å². The topological polar surface area (TPSA) is 116 Å². The summed E-state index contributed by atoms with van der Waals surface area (Å²) in [6.45, 7) is 2.51. The van der Waals surface area contributed by atoms with E-state index in [0.717, 1.165) is 25.7 Å². The molecular weight excluding hydrogens is 274 g/mol. The average molecular weight is 295 g/mol. The molecule has 2 rings (SSSR count). The summed E-state index contributed by atoms with van der Waals surface area (Å²) in [7, 11) is 0. The molecule has 116 valence electrons. The number of amides is 1. The lowest BCUT2D eigenvalue weighted by atomic mass is 9.97. The first kappa shape index (κ1) is 15.4. The molecule has 0 atom stereocenters. The van der Waals surface area contributed by atoms with Crippen molar-refractivity contribution in [2.45, 2.75) is 51.1 Å². The minimum absolute atomic E-state index is 0.0712. The van der Waals surface area contributed by atoms with Gasteiger partial charge in [-0.1, -0.05) is 12.8 Å². The highest BCUT2D eigenvalue weighted by atomic mass is 16.6. The Bertz CT molecular complexity index is 534. The number of imidazole rings is 1. The highest BCUT2D eigenvalue weighted by Gasteiger charge is 2.33. The molecule has 3 N–H and O–H groups in total. The predicted octanol–water partition coefficient (Wildman–Crippen LogP) is 0.878. The van der Waals surface area contributed by atoms with Gasteiger partial charge in [0.2, 0.25) is 11.7 Å². The Hall–Kier alpha value is -1.96. The predicted molar refractivity (Wildman–Crippen MR) is 76.6 cm³/mol. The number of hydrogen-bond donors (Lipinski definition) is 2. The third kappa shape index (κ3) is 3.57. The van der Waals surface area contributed by atoms with Crippen LogP contribution in [0.25, 0.3) is 0 Å². The Balaban J connectivity index is 1.90. The number of nitrogens with one attached hydrogen (secondary N) is 1. The quantitative estimate of drug-likeness (QED) is 0.597. The molecule has 1 heterocycles. The second-order valence-corrected chi connectivity index (χ2v) is 5.59. The van der Waals surface area contributed by atoms with E-state index >= 15 is 0 Å². The van der Waals surface area contributed by atoms with Crippen molar-refractivity contribution in [1.82, 2.24) is 14.9 Å². The summed E-state index contributed by atoms with van der Waals surface area (Å²) >= 11 is 0. The van der Waals surface area contributed by atoms with Gasteiger partial charge in [-0.25, -0.2) is 0 Å². The number of aromatic nitrogens is 2. The second-order valence-electron chi connectivity index (χ2n) is 5.59. The first-order valence-corrected chi connectivity index (χ1v) is 7.15. The molecular formula is C13H21N5O3. The van der Waals surface area contributed by atoms with Crippen LogP contribution in [0.4, 0.5) is 5.82 Å². The molecule has 0 saturated heterocycles. The SMILES string of the molecule is Cc1nc([N+](=O)[O-])cn1CCC(=O)NC1(CN)CCCC1. The van der Waals surface area contributed by atoms with Gasteiger partial charge in [0.1, 0.15) is 6.20 Å². The van der Waals surface area contributed by atoms with E-state index < -0.39 is 4.92 Å². The Morgan fingerprint density at radius 2 is 2.24 bits per heavy atom. The van der Waals surface area contributed by atoms with Crippen molar-refractivity contribution in [3.63, 3.8) is 0 Å².